The molecule has 2 unspecified atom stereocenters. The standard InChI is InChI=1S/C11H19N3O/c15-11(13-9-3-4-9)14-5-1-2-8-6-12-7-10(8)14/h8-10,12H,1-7H2,(H,13,15). The number of nitrogens with one attached hydrogen (secondary N) is 2. The number of amides is 2. The van der Waals surface area contributed by atoms with E-state index in [1.54, 1.807) is 0 Å². The molecule has 2 aliphatic heterocycles. The number of likely N-dealkylation sites (tertiary alicyclic amines) is 1. The van der Waals surface area contributed by atoms with E-state index < -0.39 is 0 Å². The Morgan fingerprint density at radius 3 is 2.93 bits per heavy atom. The van der Waals surface area contributed by atoms with Gasteiger partial charge in [0.15, 0.2) is 0 Å². The molecule has 2 heterocycles. The molecule has 84 valence electrons. The fourth-order valence-corrected chi connectivity index (χ4v) is 2.81. The molecule has 3 fully saturated rings. The van der Waals surface area contributed by atoms with E-state index in [2.05, 4.69) is 15.5 Å². The van der Waals surface area contributed by atoms with Crippen LogP contribution in [0.15, 0.2) is 0 Å². The van der Waals surface area contributed by atoms with Crippen LogP contribution in [0.2, 0.25) is 0 Å². The van der Waals surface area contributed by atoms with E-state index >= 15 is 0 Å². The van der Waals surface area contributed by atoms with E-state index in [4.69, 9.17) is 0 Å². The predicted octanol–water partition coefficient (Wildman–Crippen LogP) is 0.542. The first kappa shape index (κ1) is 9.46. The number of carbonyl (C=O) groups is 1. The number of rotatable bonds is 1. The van der Waals surface area contributed by atoms with Gasteiger partial charge in [-0.3, -0.25) is 0 Å². The summed E-state index contributed by atoms with van der Waals surface area (Å²) in [5, 5.41) is 6.49. The summed E-state index contributed by atoms with van der Waals surface area (Å²) in [6.45, 7) is 3.03. The number of hydrogen-bond donors (Lipinski definition) is 2. The van der Waals surface area contributed by atoms with Gasteiger partial charge in [0, 0.05) is 31.7 Å². The molecule has 4 nitrogen and oxygen atoms in total. The van der Waals surface area contributed by atoms with Crippen LogP contribution in [0, 0.1) is 5.92 Å². The molecule has 2 amide bonds. The Bertz CT molecular complexity index is 265. The summed E-state index contributed by atoms with van der Waals surface area (Å²) in [6.07, 6.45) is 4.80. The SMILES string of the molecule is O=C(NC1CC1)N1CCCC2CNCC21. The second-order valence-corrected chi connectivity index (χ2v) is 5.05. The van der Waals surface area contributed by atoms with Crippen molar-refractivity contribution in [3.8, 4) is 0 Å². The maximum Gasteiger partial charge on any atom is 0.317 e. The minimum Gasteiger partial charge on any atom is -0.335 e. The normalized spacial score (nSPS) is 35.1. The minimum atomic E-state index is 0.177. The maximum absolute atomic E-state index is 12.0. The van der Waals surface area contributed by atoms with Gasteiger partial charge in [0.1, 0.15) is 0 Å². The van der Waals surface area contributed by atoms with Crippen LogP contribution in [-0.2, 0) is 0 Å². The molecule has 0 aromatic carbocycles. The summed E-state index contributed by atoms with van der Waals surface area (Å²) in [5.41, 5.74) is 0. The fraction of sp³-hybridized carbons (Fsp3) is 0.909. The molecule has 0 aromatic heterocycles. The zero-order valence-corrected chi connectivity index (χ0v) is 9.04. The third-order valence-corrected chi connectivity index (χ3v) is 3.84. The molecule has 4 heteroatoms. The highest BCUT2D eigenvalue weighted by molar-refractivity contribution is 5.75. The first-order valence-corrected chi connectivity index (χ1v) is 6.12. The van der Waals surface area contributed by atoms with E-state index in [1.165, 1.54) is 25.7 Å². The minimum absolute atomic E-state index is 0.177. The molecule has 1 saturated carbocycles. The molecule has 0 radical (unpaired) electrons. The van der Waals surface area contributed by atoms with Gasteiger partial charge in [-0.2, -0.15) is 0 Å². The van der Waals surface area contributed by atoms with Crippen molar-refractivity contribution in [3.05, 3.63) is 0 Å². The molecule has 2 atom stereocenters. The quantitative estimate of drug-likeness (QED) is 0.662. The number of nitrogens with zero attached hydrogens (tertiary/aromatic N) is 1. The highest BCUT2D eigenvalue weighted by Gasteiger charge is 2.38. The molecule has 1 aliphatic carbocycles. The first-order chi connectivity index (χ1) is 7.34. The average Bonchev–Trinajstić information content (AvgIpc) is 2.93. The Balaban J connectivity index is 1.64. The van der Waals surface area contributed by atoms with Crippen molar-refractivity contribution in [2.45, 2.75) is 37.8 Å². The third-order valence-electron chi connectivity index (χ3n) is 3.84. The van der Waals surface area contributed by atoms with Gasteiger partial charge in [-0.15, -0.1) is 0 Å². The number of hydrogen-bond acceptors (Lipinski definition) is 2. The van der Waals surface area contributed by atoms with Crippen molar-refractivity contribution in [2.24, 2.45) is 5.92 Å². The number of carbonyl (C=O) groups excluding carboxylic acids is 1. The number of fused-ring (bicyclic) bond motifs is 1. The van der Waals surface area contributed by atoms with Gasteiger partial charge in [-0.05, 0) is 31.6 Å². The van der Waals surface area contributed by atoms with E-state index in [1.807, 2.05) is 0 Å². The Morgan fingerprint density at radius 1 is 1.27 bits per heavy atom. The zero-order chi connectivity index (χ0) is 10.3. The molecular formula is C11H19N3O. The maximum atomic E-state index is 12.0. The van der Waals surface area contributed by atoms with Crippen molar-refractivity contribution < 1.29 is 4.79 Å². The van der Waals surface area contributed by atoms with Gasteiger partial charge >= 0.3 is 6.03 Å². The van der Waals surface area contributed by atoms with E-state index in [0.717, 1.165) is 19.6 Å². The molecule has 15 heavy (non-hydrogen) atoms. The second kappa shape index (κ2) is 3.67. The molecule has 0 bridgehead atoms. The smallest absolute Gasteiger partial charge is 0.317 e. The second-order valence-electron chi connectivity index (χ2n) is 5.05. The van der Waals surface area contributed by atoms with Crippen molar-refractivity contribution in [3.63, 3.8) is 0 Å². The summed E-state index contributed by atoms with van der Waals surface area (Å²) in [6, 6.07) is 1.11. The summed E-state index contributed by atoms with van der Waals surface area (Å²) in [5.74, 6) is 0.698. The Kier molecular flexibility index (Phi) is 2.31. The van der Waals surface area contributed by atoms with Gasteiger partial charge in [-0.25, -0.2) is 4.79 Å². The van der Waals surface area contributed by atoms with Crippen LogP contribution < -0.4 is 10.6 Å². The van der Waals surface area contributed by atoms with Gasteiger partial charge in [0.2, 0.25) is 0 Å². The Hall–Kier alpha value is -0.770. The summed E-state index contributed by atoms with van der Waals surface area (Å²) >= 11 is 0. The lowest BCUT2D eigenvalue weighted by molar-refractivity contribution is 0.136. The van der Waals surface area contributed by atoms with Gasteiger partial charge in [0.05, 0.1) is 0 Å². The van der Waals surface area contributed by atoms with Crippen LogP contribution in [0.3, 0.4) is 0 Å². The molecule has 3 aliphatic rings. The molecule has 0 aromatic rings. The Labute approximate surface area is 90.4 Å². The highest BCUT2D eigenvalue weighted by Crippen LogP contribution is 2.27. The summed E-state index contributed by atoms with van der Waals surface area (Å²) in [4.78, 5) is 14.0. The zero-order valence-electron chi connectivity index (χ0n) is 9.04. The summed E-state index contributed by atoms with van der Waals surface area (Å²) < 4.78 is 0. The topological polar surface area (TPSA) is 44.4 Å². The van der Waals surface area contributed by atoms with Crippen LogP contribution in [0.4, 0.5) is 4.79 Å². The van der Waals surface area contributed by atoms with Crippen molar-refractivity contribution in [1.82, 2.24) is 15.5 Å². The van der Waals surface area contributed by atoms with Crippen molar-refractivity contribution >= 4 is 6.03 Å². The number of urea groups is 1. The van der Waals surface area contributed by atoms with Gasteiger partial charge in [-0.1, -0.05) is 0 Å². The number of piperidine rings is 1. The van der Waals surface area contributed by atoms with Crippen LogP contribution in [0.25, 0.3) is 0 Å². The van der Waals surface area contributed by atoms with E-state index in [0.29, 0.717) is 18.0 Å². The highest BCUT2D eigenvalue weighted by atomic mass is 16.2. The predicted molar refractivity (Wildman–Crippen MR) is 57.6 cm³/mol. The lowest BCUT2D eigenvalue weighted by Crippen LogP contribution is -2.52. The van der Waals surface area contributed by atoms with Crippen LogP contribution >= 0.6 is 0 Å². The van der Waals surface area contributed by atoms with Gasteiger partial charge in [0.25, 0.3) is 0 Å². The lowest BCUT2D eigenvalue weighted by atomic mass is 9.92. The average molecular weight is 209 g/mol. The van der Waals surface area contributed by atoms with Crippen LogP contribution in [-0.4, -0.2) is 42.6 Å². The molecule has 3 rings (SSSR count). The monoisotopic (exact) mass is 209 g/mol. The van der Waals surface area contributed by atoms with Crippen LogP contribution in [0.1, 0.15) is 25.7 Å². The first-order valence-electron chi connectivity index (χ1n) is 6.12. The molecular weight excluding hydrogens is 190 g/mol. The van der Waals surface area contributed by atoms with E-state index in [9.17, 15) is 4.79 Å². The lowest BCUT2D eigenvalue weighted by Gasteiger charge is -2.37. The van der Waals surface area contributed by atoms with Crippen molar-refractivity contribution in [1.29, 1.82) is 0 Å². The van der Waals surface area contributed by atoms with Crippen LogP contribution in [0.5, 0.6) is 0 Å². The molecule has 2 saturated heterocycles. The Morgan fingerprint density at radius 2 is 2.13 bits per heavy atom. The third kappa shape index (κ3) is 1.83. The largest absolute Gasteiger partial charge is 0.335 e. The van der Waals surface area contributed by atoms with Gasteiger partial charge < -0.3 is 15.5 Å². The molecule has 0 spiro atoms. The van der Waals surface area contributed by atoms with Crippen molar-refractivity contribution in [2.75, 3.05) is 19.6 Å². The summed E-state index contributed by atoms with van der Waals surface area (Å²) in [7, 11) is 0. The molecule has 2 N–H and O–H groups in total. The van der Waals surface area contributed by atoms with E-state index in [-0.39, 0.29) is 6.03 Å². The fourth-order valence-electron chi connectivity index (χ4n) is 2.81.